The second-order valence-electron chi connectivity index (χ2n) is 8.05. The number of hydrogen-bond acceptors (Lipinski definition) is 7. The fourth-order valence-corrected chi connectivity index (χ4v) is 3.60. The average molecular weight is 511 g/mol. The Kier molecular flexibility index (Phi) is 9.88. The van der Waals surface area contributed by atoms with Crippen LogP contribution in [0.15, 0.2) is 48.5 Å². The van der Waals surface area contributed by atoms with Crippen LogP contribution >= 0.6 is 11.6 Å². The Morgan fingerprint density at radius 2 is 1.50 bits per heavy atom. The highest BCUT2D eigenvalue weighted by atomic mass is 35.5. The first-order valence-electron chi connectivity index (χ1n) is 11.6. The summed E-state index contributed by atoms with van der Waals surface area (Å²) < 4.78 is 5.31. The maximum atomic E-state index is 12.4. The summed E-state index contributed by atoms with van der Waals surface area (Å²) in [6, 6.07) is 14.7. The maximum absolute atomic E-state index is 12.4. The molecule has 0 aliphatic rings. The molecule has 0 aliphatic heterocycles. The number of para-hydroxylation sites is 1. The van der Waals surface area contributed by atoms with Gasteiger partial charge >= 0.3 is 0 Å². The quantitative estimate of drug-likeness (QED) is 0.276. The van der Waals surface area contributed by atoms with Crippen LogP contribution in [0.25, 0.3) is 11.4 Å². The van der Waals surface area contributed by atoms with Gasteiger partial charge in [0.15, 0.2) is 5.82 Å². The van der Waals surface area contributed by atoms with Gasteiger partial charge in [0.05, 0.1) is 13.5 Å². The zero-order valence-electron chi connectivity index (χ0n) is 20.7. The van der Waals surface area contributed by atoms with Crippen molar-refractivity contribution in [2.45, 2.75) is 20.3 Å². The summed E-state index contributed by atoms with van der Waals surface area (Å²) in [4.78, 5) is 32.9. The van der Waals surface area contributed by atoms with E-state index in [1.807, 2.05) is 43.3 Å². The number of methoxy groups -OCH3 is 1. The SMILES string of the molecule is COc1ccccc1CC(=O)NCCNc1nc(-c2ccc(Cl)cc2)nc(NCCNC(C)=O)c1C. The minimum atomic E-state index is -0.0945. The Hall–Kier alpha value is -3.85. The molecule has 0 aliphatic carbocycles. The first-order valence-corrected chi connectivity index (χ1v) is 12.0. The molecule has 0 unspecified atom stereocenters. The number of nitrogens with zero attached hydrogens (tertiary/aromatic N) is 2. The van der Waals surface area contributed by atoms with E-state index in [-0.39, 0.29) is 18.2 Å². The van der Waals surface area contributed by atoms with Crippen LogP contribution in [-0.4, -0.2) is 55.1 Å². The Labute approximate surface area is 216 Å². The lowest BCUT2D eigenvalue weighted by Crippen LogP contribution is -2.30. The highest BCUT2D eigenvalue weighted by molar-refractivity contribution is 6.30. The van der Waals surface area contributed by atoms with E-state index >= 15 is 0 Å². The molecule has 0 saturated carbocycles. The van der Waals surface area contributed by atoms with Gasteiger partial charge in [-0.15, -0.1) is 0 Å². The molecule has 0 radical (unpaired) electrons. The Morgan fingerprint density at radius 1 is 0.889 bits per heavy atom. The van der Waals surface area contributed by atoms with Crippen LogP contribution < -0.4 is 26.0 Å². The Morgan fingerprint density at radius 3 is 2.11 bits per heavy atom. The number of ether oxygens (including phenoxy) is 1. The highest BCUT2D eigenvalue weighted by Crippen LogP contribution is 2.26. The third-order valence-corrected chi connectivity index (χ3v) is 5.57. The first-order chi connectivity index (χ1) is 17.4. The monoisotopic (exact) mass is 510 g/mol. The van der Waals surface area contributed by atoms with E-state index in [9.17, 15) is 9.59 Å². The van der Waals surface area contributed by atoms with Gasteiger partial charge in [0.2, 0.25) is 11.8 Å². The molecule has 2 amide bonds. The lowest BCUT2D eigenvalue weighted by molar-refractivity contribution is -0.120. The highest BCUT2D eigenvalue weighted by Gasteiger charge is 2.13. The number of carbonyl (C=O) groups excluding carboxylic acids is 2. The predicted octanol–water partition coefficient (Wildman–Crippen LogP) is 3.43. The van der Waals surface area contributed by atoms with Crippen LogP contribution in [0.1, 0.15) is 18.1 Å². The maximum Gasteiger partial charge on any atom is 0.224 e. The van der Waals surface area contributed by atoms with Crippen LogP contribution in [0, 0.1) is 6.92 Å². The van der Waals surface area contributed by atoms with Gasteiger partial charge in [-0.05, 0) is 37.3 Å². The average Bonchev–Trinajstić information content (AvgIpc) is 2.86. The normalized spacial score (nSPS) is 10.4. The summed E-state index contributed by atoms with van der Waals surface area (Å²) >= 11 is 6.03. The minimum absolute atomic E-state index is 0.0897. The van der Waals surface area contributed by atoms with Crippen molar-refractivity contribution in [2.75, 3.05) is 43.9 Å². The predicted molar refractivity (Wildman–Crippen MR) is 143 cm³/mol. The number of aromatic nitrogens is 2. The van der Waals surface area contributed by atoms with Crippen molar-refractivity contribution in [1.29, 1.82) is 0 Å². The van der Waals surface area contributed by atoms with Crippen LogP contribution in [0.2, 0.25) is 5.02 Å². The lowest BCUT2D eigenvalue weighted by atomic mass is 10.1. The van der Waals surface area contributed by atoms with E-state index < -0.39 is 0 Å². The van der Waals surface area contributed by atoms with Crippen LogP contribution in [0.3, 0.4) is 0 Å². The molecular formula is C26H31ClN6O3. The van der Waals surface area contributed by atoms with E-state index in [0.717, 1.165) is 16.7 Å². The number of rotatable bonds is 12. The zero-order chi connectivity index (χ0) is 25.9. The molecule has 0 atom stereocenters. The Bertz CT molecular complexity index is 1190. The van der Waals surface area contributed by atoms with Crippen LogP contribution in [-0.2, 0) is 16.0 Å². The van der Waals surface area contributed by atoms with E-state index in [2.05, 4.69) is 26.3 Å². The largest absolute Gasteiger partial charge is 0.496 e. The van der Waals surface area contributed by atoms with E-state index in [4.69, 9.17) is 21.3 Å². The molecule has 2 aromatic carbocycles. The molecule has 10 heteroatoms. The minimum Gasteiger partial charge on any atom is -0.496 e. The van der Waals surface area contributed by atoms with E-state index in [0.29, 0.717) is 54.4 Å². The number of amides is 2. The van der Waals surface area contributed by atoms with Crippen molar-refractivity contribution in [1.82, 2.24) is 20.6 Å². The van der Waals surface area contributed by atoms with E-state index in [1.165, 1.54) is 6.92 Å². The summed E-state index contributed by atoms with van der Waals surface area (Å²) in [5.74, 6) is 2.34. The molecule has 3 aromatic rings. The molecule has 0 saturated heterocycles. The fraction of sp³-hybridized carbons (Fsp3) is 0.308. The first kappa shape index (κ1) is 26.7. The van der Waals surface area contributed by atoms with Crippen LogP contribution in [0.4, 0.5) is 11.6 Å². The lowest BCUT2D eigenvalue weighted by Gasteiger charge is -2.16. The smallest absolute Gasteiger partial charge is 0.224 e. The second-order valence-corrected chi connectivity index (χ2v) is 8.49. The molecule has 9 nitrogen and oxygen atoms in total. The van der Waals surface area contributed by atoms with Gasteiger partial charge in [-0.25, -0.2) is 9.97 Å². The van der Waals surface area contributed by atoms with Gasteiger partial charge in [-0.3, -0.25) is 9.59 Å². The Balaban J connectivity index is 1.65. The molecule has 1 aromatic heterocycles. The molecule has 0 fully saturated rings. The molecule has 1 heterocycles. The third kappa shape index (κ3) is 7.84. The molecule has 36 heavy (non-hydrogen) atoms. The van der Waals surface area contributed by atoms with Gasteiger partial charge in [-0.2, -0.15) is 0 Å². The zero-order valence-corrected chi connectivity index (χ0v) is 21.4. The van der Waals surface area contributed by atoms with Crippen molar-refractivity contribution in [2.24, 2.45) is 0 Å². The molecule has 0 spiro atoms. The molecule has 190 valence electrons. The molecule has 4 N–H and O–H groups in total. The van der Waals surface area contributed by atoms with Crippen molar-refractivity contribution >= 4 is 35.1 Å². The summed E-state index contributed by atoms with van der Waals surface area (Å²) in [5.41, 5.74) is 2.48. The van der Waals surface area contributed by atoms with Crippen LogP contribution in [0.5, 0.6) is 5.75 Å². The number of carbonyl (C=O) groups is 2. The number of nitrogens with one attached hydrogen (secondary N) is 4. The topological polar surface area (TPSA) is 117 Å². The van der Waals surface area contributed by atoms with E-state index in [1.54, 1.807) is 19.2 Å². The van der Waals surface area contributed by atoms with Gasteiger partial charge in [0, 0.05) is 54.8 Å². The van der Waals surface area contributed by atoms with Gasteiger partial charge in [0.1, 0.15) is 17.4 Å². The summed E-state index contributed by atoms with van der Waals surface area (Å²) in [5, 5.41) is 12.9. The van der Waals surface area contributed by atoms with Crippen molar-refractivity contribution < 1.29 is 14.3 Å². The number of hydrogen-bond donors (Lipinski definition) is 4. The fourth-order valence-electron chi connectivity index (χ4n) is 3.48. The number of anilines is 2. The van der Waals surface area contributed by atoms with Crippen molar-refractivity contribution in [3.8, 4) is 17.1 Å². The summed E-state index contributed by atoms with van der Waals surface area (Å²) in [6.07, 6.45) is 0.236. The molecular weight excluding hydrogens is 480 g/mol. The second kappa shape index (κ2) is 13.3. The van der Waals surface area contributed by atoms with Crippen molar-refractivity contribution in [3.05, 3.63) is 64.7 Å². The van der Waals surface area contributed by atoms with Gasteiger partial charge in [-0.1, -0.05) is 29.8 Å². The molecule has 0 bridgehead atoms. The standard InChI is InChI=1S/C26H31ClN6O3/c1-17-24(30-14-12-28-18(2)34)32-26(19-8-10-21(27)11-9-19)33-25(17)31-15-13-29-23(35)16-20-6-4-5-7-22(20)36-3/h4-11H,12-16H2,1-3H3,(H,28,34)(H,29,35)(H2,30,31,32,33). The van der Waals surface area contributed by atoms with Crippen molar-refractivity contribution in [3.63, 3.8) is 0 Å². The number of halogens is 1. The summed E-state index contributed by atoms with van der Waals surface area (Å²) in [6.45, 7) is 5.26. The third-order valence-electron chi connectivity index (χ3n) is 5.32. The van der Waals surface area contributed by atoms with Gasteiger partial charge < -0.3 is 26.0 Å². The summed E-state index contributed by atoms with van der Waals surface area (Å²) in [7, 11) is 1.59. The molecule has 3 rings (SSSR count). The van der Waals surface area contributed by atoms with Gasteiger partial charge in [0.25, 0.3) is 0 Å². The number of benzene rings is 2.